The van der Waals surface area contributed by atoms with Gasteiger partial charge in [-0.1, -0.05) is 37.1 Å². The van der Waals surface area contributed by atoms with E-state index in [0.29, 0.717) is 11.8 Å². The summed E-state index contributed by atoms with van der Waals surface area (Å²) < 4.78 is 0. The smallest absolute Gasteiger partial charge is 0.226 e. The molecule has 1 amide bonds. The summed E-state index contributed by atoms with van der Waals surface area (Å²) in [6.45, 7) is 3.52. The largest absolute Gasteiger partial charge is 0.356 e. The number of amides is 1. The van der Waals surface area contributed by atoms with Crippen LogP contribution in [0.4, 0.5) is 11.8 Å². The summed E-state index contributed by atoms with van der Waals surface area (Å²) in [6, 6.07) is 10.8. The van der Waals surface area contributed by atoms with E-state index in [9.17, 15) is 4.79 Å². The summed E-state index contributed by atoms with van der Waals surface area (Å²) in [5.41, 5.74) is 2.85. The van der Waals surface area contributed by atoms with Gasteiger partial charge in [0.2, 0.25) is 11.9 Å². The Bertz CT molecular complexity index is 960. The van der Waals surface area contributed by atoms with Crippen LogP contribution in [0.15, 0.2) is 36.5 Å². The molecule has 2 fully saturated rings. The van der Waals surface area contributed by atoms with E-state index >= 15 is 0 Å². The number of carbonyl (C=O) groups is 1. The average Bonchev–Trinajstić information content (AvgIpc) is 3.33. The number of piperidine rings is 1. The average molecular weight is 434 g/mol. The van der Waals surface area contributed by atoms with E-state index in [2.05, 4.69) is 39.0 Å². The minimum absolute atomic E-state index is 0.0497. The summed E-state index contributed by atoms with van der Waals surface area (Å²) in [5.74, 6) is 2.70. The van der Waals surface area contributed by atoms with Crippen molar-refractivity contribution < 1.29 is 4.79 Å². The van der Waals surface area contributed by atoms with Crippen LogP contribution in [0.3, 0.4) is 0 Å². The van der Waals surface area contributed by atoms with Gasteiger partial charge in [-0.15, -0.1) is 0 Å². The van der Waals surface area contributed by atoms with Crippen molar-refractivity contribution in [1.82, 2.24) is 14.9 Å². The second-order valence-electron chi connectivity index (χ2n) is 10.1. The van der Waals surface area contributed by atoms with Crippen molar-refractivity contribution in [1.29, 1.82) is 0 Å². The molecule has 0 bridgehead atoms. The van der Waals surface area contributed by atoms with E-state index in [-0.39, 0.29) is 5.41 Å². The fraction of sp³-hybridized carbons (Fsp3) is 0.577. The normalized spacial score (nSPS) is 20.4. The molecule has 6 heteroatoms. The summed E-state index contributed by atoms with van der Waals surface area (Å²) in [4.78, 5) is 28.9. The van der Waals surface area contributed by atoms with Crippen LogP contribution in [0.1, 0.15) is 56.1 Å². The first kappa shape index (κ1) is 21.2. The molecule has 6 nitrogen and oxygen atoms in total. The number of carbonyl (C=O) groups excluding carboxylic acids is 1. The molecule has 1 saturated carbocycles. The molecule has 2 aromatic rings. The summed E-state index contributed by atoms with van der Waals surface area (Å²) in [7, 11) is 3.95. The Kier molecular flexibility index (Phi) is 5.78. The maximum atomic E-state index is 13.3. The molecular weight excluding hydrogens is 398 g/mol. The maximum absolute atomic E-state index is 13.3. The molecule has 1 saturated heterocycles. The molecule has 0 atom stereocenters. The van der Waals surface area contributed by atoms with Gasteiger partial charge < -0.3 is 14.7 Å². The molecule has 1 aromatic heterocycles. The van der Waals surface area contributed by atoms with E-state index in [1.165, 1.54) is 36.8 Å². The van der Waals surface area contributed by atoms with Crippen molar-refractivity contribution in [3.05, 3.63) is 47.7 Å². The monoisotopic (exact) mass is 433 g/mol. The van der Waals surface area contributed by atoms with Crippen LogP contribution < -0.4 is 9.80 Å². The second kappa shape index (κ2) is 8.72. The van der Waals surface area contributed by atoms with Crippen LogP contribution in [-0.2, 0) is 16.8 Å². The van der Waals surface area contributed by atoms with Crippen molar-refractivity contribution in [2.75, 3.05) is 43.5 Å². The lowest BCUT2D eigenvalue weighted by Gasteiger charge is -2.49. The van der Waals surface area contributed by atoms with Gasteiger partial charge in [0.25, 0.3) is 0 Å². The van der Waals surface area contributed by atoms with Gasteiger partial charge in [0.05, 0.1) is 0 Å². The van der Waals surface area contributed by atoms with Crippen molar-refractivity contribution in [3.8, 4) is 0 Å². The highest BCUT2D eigenvalue weighted by molar-refractivity contribution is 5.77. The molecule has 170 valence electrons. The maximum Gasteiger partial charge on any atom is 0.226 e. The number of benzene rings is 1. The molecule has 0 radical (unpaired) electrons. The standard InChI is InChI=1S/C26H35N5O/c1-29(2)25-27-14-11-23(28-25)30-15-12-26(13-16-30)19-31(18-21-9-5-6-10-22(21)26)24(32)17-20-7-3-4-8-20/h5-6,9-11,14,20H,3-4,7-8,12-13,15-19H2,1-2H3. The molecule has 3 heterocycles. The SMILES string of the molecule is CN(C)c1nccc(N2CCC3(CC2)CN(C(=O)CC2CCCC2)Cc2ccccc23)n1. The van der Waals surface area contributed by atoms with E-state index in [1.54, 1.807) is 0 Å². The zero-order valence-corrected chi connectivity index (χ0v) is 19.5. The molecule has 2 aliphatic heterocycles. The molecule has 32 heavy (non-hydrogen) atoms. The van der Waals surface area contributed by atoms with Gasteiger partial charge in [-0.25, -0.2) is 4.98 Å². The molecule has 1 aliphatic carbocycles. The van der Waals surface area contributed by atoms with Gasteiger partial charge >= 0.3 is 0 Å². The predicted molar refractivity (Wildman–Crippen MR) is 128 cm³/mol. The fourth-order valence-electron chi connectivity index (χ4n) is 5.98. The third-order valence-corrected chi connectivity index (χ3v) is 7.81. The third-order valence-electron chi connectivity index (χ3n) is 7.81. The Morgan fingerprint density at radius 1 is 1.12 bits per heavy atom. The summed E-state index contributed by atoms with van der Waals surface area (Å²) in [5, 5.41) is 0. The predicted octanol–water partition coefficient (Wildman–Crippen LogP) is 4.00. The fourth-order valence-corrected chi connectivity index (χ4v) is 5.98. The van der Waals surface area contributed by atoms with Gasteiger partial charge in [-0.05, 0) is 48.8 Å². The first-order chi connectivity index (χ1) is 15.5. The minimum Gasteiger partial charge on any atom is -0.356 e. The Hall–Kier alpha value is -2.63. The summed E-state index contributed by atoms with van der Waals surface area (Å²) in [6.07, 6.45) is 9.70. The quantitative estimate of drug-likeness (QED) is 0.729. The van der Waals surface area contributed by atoms with Crippen LogP contribution in [0.25, 0.3) is 0 Å². The number of hydrogen-bond donors (Lipinski definition) is 0. The lowest BCUT2D eigenvalue weighted by Crippen LogP contribution is -2.53. The number of nitrogens with zero attached hydrogens (tertiary/aromatic N) is 5. The van der Waals surface area contributed by atoms with Gasteiger partial charge in [0.15, 0.2) is 0 Å². The number of anilines is 2. The highest BCUT2D eigenvalue weighted by Crippen LogP contribution is 2.43. The highest BCUT2D eigenvalue weighted by Gasteiger charge is 2.43. The summed E-state index contributed by atoms with van der Waals surface area (Å²) >= 11 is 0. The van der Waals surface area contributed by atoms with E-state index in [0.717, 1.165) is 57.2 Å². The Morgan fingerprint density at radius 2 is 1.88 bits per heavy atom. The lowest BCUT2D eigenvalue weighted by atomic mass is 9.68. The van der Waals surface area contributed by atoms with Crippen LogP contribution in [0, 0.1) is 5.92 Å². The van der Waals surface area contributed by atoms with Crippen molar-refractivity contribution in [2.45, 2.75) is 56.9 Å². The van der Waals surface area contributed by atoms with Crippen LogP contribution in [0.2, 0.25) is 0 Å². The topological polar surface area (TPSA) is 52.6 Å². The highest BCUT2D eigenvalue weighted by atomic mass is 16.2. The first-order valence-electron chi connectivity index (χ1n) is 12.2. The van der Waals surface area contributed by atoms with Crippen LogP contribution >= 0.6 is 0 Å². The molecule has 0 N–H and O–H groups in total. The first-order valence-corrected chi connectivity index (χ1v) is 12.2. The third kappa shape index (κ3) is 4.07. The van der Waals surface area contributed by atoms with Gasteiger partial charge in [-0.3, -0.25) is 4.79 Å². The molecule has 5 rings (SSSR count). The van der Waals surface area contributed by atoms with Gasteiger partial charge in [-0.2, -0.15) is 4.98 Å². The van der Waals surface area contributed by atoms with E-state index in [1.807, 2.05) is 31.3 Å². The van der Waals surface area contributed by atoms with E-state index in [4.69, 9.17) is 4.98 Å². The number of hydrogen-bond acceptors (Lipinski definition) is 5. The lowest BCUT2D eigenvalue weighted by molar-refractivity contribution is -0.134. The Labute approximate surface area is 191 Å². The number of aromatic nitrogens is 2. The Balaban J connectivity index is 1.35. The van der Waals surface area contributed by atoms with Crippen molar-refractivity contribution in [2.24, 2.45) is 5.92 Å². The van der Waals surface area contributed by atoms with E-state index < -0.39 is 0 Å². The van der Waals surface area contributed by atoms with Crippen LogP contribution in [0.5, 0.6) is 0 Å². The molecular formula is C26H35N5O. The number of fused-ring (bicyclic) bond motifs is 2. The molecule has 3 aliphatic rings. The van der Waals surface area contributed by atoms with Crippen LogP contribution in [-0.4, -0.2) is 54.5 Å². The minimum atomic E-state index is 0.0497. The Morgan fingerprint density at radius 3 is 2.62 bits per heavy atom. The number of rotatable bonds is 4. The molecule has 0 unspecified atom stereocenters. The van der Waals surface area contributed by atoms with Crippen molar-refractivity contribution in [3.63, 3.8) is 0 Å². The van der Waals surface area contributed by atoms with Gasteiger partial charge in [0.1, 0.15) is 5.82 Å². The second-order valence-corrected chi connectivity index (χ2v) is 10.1. The zero-order chi connectivity index (χ0) is 22.1. The van der Waals surface area contributed by atoms with Crippen molar-refractivity contribution >= 4 is 17.7 Å². The van der Waals surface area contributed by atoms with Gasteiger partial charge in [0, 0.05) is 58.3 Å². The molecule has 1 aromatic carbocycles. The zero-order valence-electron chi connectivity index (χ0n) is 19.5. The molecule has 1 spiro atoms.